The van der Waals surface area contributed by atoms with Crippen molar-refractivity contribution in [3.63, 3.8) is 0 Å². The fourth-order valence-corrected chi connectivity index (χ4v) is 1.95. The second-order valence-electron chi connectivity index (χ2n) is 4.36. The largest absolute Gasteiger partial charge is 0.458 e. The Hall–Kier alpha value is -1.83. The Morgan fingerprint density at radius 3 is 2.47 bits per heavy atom. The predicted octanol–water partition coefficient (Wildman–Crippen LogP) is 3.77. The molecule has 0 amide bonds. The van der Waals surface area contributed by atoms with Gasteiger partial charge in [-0.3, -0.25) is 4.79 Å². The van der Waals surface area contributed by atoms with E-state index in [1.807, 2.05) is 13.0 Å². The topological polar surface area (TPSA) is 26.3 Å². The van der Waals surface area contributed by atoms with Gasteiger partial charge in [0, 0.05) is 6.92 Å². The zero-order valence-corrected chi connectivity index (χ0v) is 10.4. The standard InChI is InChI=1S/C15H16O2/c1-10-4-5-15-9-13(6-7-14(15)8-10)11(2)17-12(3)16/h4-9,11H,1-3H3. The molecule has 0 aliphatic heterocycles. The van der Waals surface area contributed by atoms with E-state index in [1.165, 1.54) is 23.3 Å². The van der Waals surface area contributed by atoms with E-state index in [9.17, 15) is 4.79 Å². The smallest absolute Gasteiger partial charge is 0.303 e. The van der Waals surface area contributed by atoms with Gasteiger partial charge in [0.1, 0.15) is 6.10 Å². The molecule has 0 N–H and O–H groups in total. The first-order valence-corrected chi connectivity index (χ1v) is 5.74. The molecule has 0 saturated heterocycles. The Bertz CT molecular complexity index is 558. The molecule has 0 aromatic heterocycles. The molecule has 2 aromatic rings. The van der Waals surface area contributed by atoms with E-state index < -0.39 is 0 Å². The van der Waals surface area contributed by atoms with Crippen molar-refractivity contribution < 1.29 is 9.53 Å². The zero-order valence-electron chi connectivity index (χ0n) is 10.4. The van der Waals surface area contributed by atoms with Gasteiger partial charge in [0.05, 0.1) is 0 Å². The fourth-order valence-electron chi connectivity index (χ4n) is 1.95. The SMILES string of the molecule is CC(=O)OC(C)c1ccc2cc(C)ccc2c1. The van der Waals surface area contributed by atoms with E-state index in [-0.39, 0.29) is 12.1 Å². The van der Waals surface area contributed by atoms with Crippen molar-refractivity contribution in [3.05, 3.63) is 47.5 Å². The lowest BCUT2D eigenvalue weighted by Crippen LogP contribution is -2.04. The highest BCUT2D eigenvalue weighted by molar-refractivity contribution is 5.84. The van der Waals surface area contributed by atoms with E-state index in [1.54, 1.807) is 0 Å². The van der Waals surface area contributed by atoms with E-state index >= 15 is 0 Å². The maximum atomic E-state index is 10.9. The van der Waals surface area contributed by atoms with Crippen molar-refractivity contribution in [1.82, 2.24) is 0 Å². The Labute approximate surface area is 101 Å². The summed E-state index contributed by atoms with van der Waals surface area (Å²) in [7, 11) is 0. The van der Waals surface area contributed by atoms with Gasteiger partial charge in [-0.1, -0.05) is 35.9 Å². The van der Waals surface area contributed by atoms with Crippen LogP contribution in [0.15, 0.2) is 36.4 Å². The molecule has 0 spiro atoms. The van der Waals surface area contributed by atoms with Crippen LogP contribution in [0.5, 0.6) is 0 Å². The Kier molecular flexibility index (Phi) is 3.14. The van der Waals surface area contributed by atoms with Crippen LogP contribution in [0.1, 0.15) is 31.1 Å². The van der Waals surface area contributed by atoms with Gasteiger partial charge in [0.15, 0.2) is 0 Å². The highest BCUT2D eigenvalue weighted by Gasteiger charge is 2.08. The molecule has 2 heteroatoms. The van der Waals surface area contributed by atoms with Gasteiger partial charge in [0.25, 0.3) is 0 Å². The third-order valence-corrected chi connectivity index (χ3v) is 2.83. The second kappa shape index (κ2) is 4.58. The van der Waals surface area contributed by atoms with E-state index in [0.29, 0.717) is 0 Å². The lowest BCUT2D eigenvalue weighted by Gasteiger charge is -2.13. The van der Waals surface area contributed by atoms with E-state index in [4.69, 9.17) is 4.74 Å². The number of carbonyl (C=O) groups excluding carboxylic acids is 1. The van der Waals surface area contributed by atoms with Gasteiger partial charge >= 0.3 is 5.97 Å². The van der Waals surface area contributed by atoms with Gasteiger partial charge in [-0.15, -0.1) is 0 Å². The van der Waals surface area contributed by atoms with Crippen LogP contribution in [0.2, 0.25) is 0 Å². The highest BCUT2D eigenvalue weighted by Crippen LogP contribution is 2.23. The van der Waals surface area contributed by atoms with Crippen LogP contribution < -0.4 is 0 Å². The molecule has 2 nitrogen and oxygen atoms in total. The number of ether oxygens (including phenoxy) is 1. The molecule has 1 atom stereocenters. The van der Waals surface area contributed by atoms with Crippen molar-refractivity contribution >= 4 is 16.7 Å². The summed E-state index contributed by atoms with van der Waals surface area (Å²) in [6, 6.07) is 12.5. The predicted molar refractivity (Wildman–Crippen MR) is 68.9 cm³/mol. The normalized spacial score (nSPS) is 12.4. The summed E-state index contributed by atoms with van der Waals surface area (Å²) < 4.78 is 5.17. The maximum absolute atomic E-state index is 10.9. The average Bonchev–Trinajstić information content (AvgIpc) is 2.27. The van der Waals surface area contributed by atoms with Gasteiger partial charge in [-0.2, -0.15) is 0 Å². The average molecular weight is 228 g/mol. The van der Waals surface area contributed by atoms with E-state index in [0.717, 1.165) is 5.56 Å². The van der Waals surface area contributed by atoms with Gasteiger partial charge < -0.3 is 4.74 Å². The first-order valence-electron chi connectivity index (χ1n) is 5.74. The lowest BCUT2D eigenvalue weighted by molar-refractivity contribution is -0.145. The summed E-state index contributed by atoms with van der Waals surface area (Å²) in [5, 5.41) is 2.39. The van der Waals surface area contributed by atoms with Gasteiger partial charge in [0.2, 0.25) is 0 Å². The van der Waals surface area contributed by atoms with Crippen LogP contribution in [0.4, 0.5) is 0 Å². The molecule has 0 saturated carbocycles. The summed E-state index contributed by atoms with van der Waals surface area (Å²) in [5.41, 5.74) is 2.27. The van der Waals surface area contributed by atoms with Crippen LogP contribution >= 0.6 is 0 Å². The van der Waals surface area contributed by atoms with Crippen LogP contribution in [0.3, 0.4) is 0 Å². The first kappa shape index (κ1) is 11.6. The van der Waals surface area contributed by atoms with Crippen LogP contribution in [0, 0.1) is 6.92 Å². The minimum absolute atomic E-state index is 0.196. The molecular formula is C15H16O2. The number of carbonyl (C=O) groups is 1. The molecule has 0 fully saturated rings. The summed E-state index contributed by atoms with van der Waals surface area (Å²) in [6.45, 7) is 5.40. The third-order valence-electron chi connectivity index (χ3n) is 2.83. The summed E-state index contributed by atoms with van der Waals surface area (Å²) in [4.78, 5) is 10.9. The molecule has 17 heavy (non-hydrogen) atoms. The molecule has 0 aliphatic rings. The number of esters is 1. The number of hydrogen-bond acceptors (Lipinski definition) is 2. The van der Waals surface area contributed by atoms with Crippen molar-refractivity contribution in [2.24, 2.45) is 0 Å². The number of rotatable bonds is 2. The van der Waals surface area contributed by atoms with E-state index in [2.05, 4.69) is 37.3 Å². The first-order chi connectivity index (χ1) is 8.06. The minimum Gasteiger partial charge on any atom is -0.458 e. The minimum atomic E-state index is -0.249. The summed E-state index contributed by atoms with van der Waals surface area (Å²) in [6.07, 6.45) is -0.196. The lowest BCUT2D eigenvalue weighted by atomic mass is 10.0. The number of hydrogen-bond donors (Lipinski definition) is 0. The Balaban J connectivity index is 2.37. The molecule has 0 aliphatic carbocycles. The molecule has 0 bridgehead atoms. The molecule has 2 aromatic carbocycles. The highest BCUT2D eigenvalue weighted by atomic mass is 16.5. The van der Waals surface area contributed by atoms with Crippen LogP contribution in [0.25, 0.3) is 10.8 Å². The molecule has 1 unspecified atom stereocenters. The summed E-state index contributed by atoms with van der Waals surface area (Å²) in [5.74, 6) is -0.249. The Morgan fingerprint density at radius 2 is 1.76 bits per heavy atom. The maximum Gasteiger partial charge on any atom is 0.303 e. The molecular weight excluding hydrogens is 212 g/mol. The Morgan fingerprint density at radius 1 is 1.12 bits per heavy atom. The van der Waals surface area contributed by atoms with Crippen LogP contribution in [-0.4, -0.2) is 5.97 Å². The molecule has 2 rings (SSSR count). The summed E-state index contributed by atoms with van der Waals surface area (Å²) >= 11 is 0. The van der Waals surface area contributed by atoms with Crippen molar-refractivity contribution in [2.75, 3.05) is 0 Å². The van der Waals surface area contributed by atoms with Gasteiger partial charge in [-0.05, 0) is 36.2 Å². The molecule has 0 heterocycles. The van der Waals surface area contributed by atoms with Crippen LogP contribution in [-0.2, 0) is 9.53 Å². The monoisotopic (exact) mass is 228 g/mol. The third kappa shape index (κ3) is 2.64. The number of aryl methyl sites for hydroxylation is 1. The number of fused-ring (bicyclic) bond motifs is 1. The molecule has 88 valence electrons. The molecule has 0 radical (unpaired) electrons. The zero-order chi connectivity index (χ0) is 12.4. The number of benzene rings is 2. The quantitative estimate of drug-likeness (QED) is 0.731. The van der Waals surface area contributed by atoms with Crippen molar-refractivity contribution in [3.8, 4) is 0 Å². The fraction of sp³-hybridized carbons (Fsp3) is 0.267. The van der Waals surface area contributed by atoms with Crippen molar-refractivity contribution in [1.29, 1.82) is 0 Å². The van der Waals surface area contributed by atoms with Gasteiger partial charge in [-0.25, -0.2) is 0 Å². The van der Waals surface area contributed by atoms with Crippen molar-refractivity contribution in [2.45, 2.75) is 26.9 Å². The second-order valence-corrected chi connectivity index (χ2v) is 4.36.